The minimum atomic E-state index is -0.417. The SMILES string of the molecule is CCCc1cnc2c(c1SCC(=O)c1ccccc1)c(=O)n(C)c(=O)n2C. The Balaban J connectivity index is 2.12. The minimum Gasteiger partial charge on any atom is -0.293 e. The molecule has 3 rings (SSSR count). The first-order valence-corrected chi connectivity index (χ1v) is 9.73. The highest BCUT2D eigenvalue weighted by molar-refractivity contribution is 8.00. The van der Waals surface area contributed by atoms with Crippen molar-refractivity contribution in [2.75, 3.05) is 5.75 Å². The van der Waals surface area contributed by atoms with Crippen LogP contribution in [-0.4, -0.2) is 25.7 Å². The monoisotopic (exact) mass is 383 g/mol. The molecule has 0 amide bonds. The fraction of sp³-hybridized carbons (Fsp3) is 0.300. The molecule has 140 valence electrons. The van der Waals surface area contributed by atoms with Crippen molar-refractivity contribution in [2.24, 2.45) is 14.1 Å². The summed E-state index contributed by atoms with van der Waals surface area (Å²) < 4.78 is 2.46. The van der Waals surface area contributed by atoms with Crippen LogP contribution in [0.2, 0.25) is 0 Å². The van der Waals surface area contributed by atoms with Crippen LogP contribution in [0.4, 0.5) is 0 Å². The van der Waals surface area contributed by atoms with E-state index in [4.69, 9.17) is 0 Å². The van der Waals surface area contributed by atoms with E-state index in [0.717, 1.165) is 27.9 Å². The molecule has 0 radical (unpaired) electrons. The van der Waals surface area contributed by atoms with Gasteiger partial charge in [0.15, 0.2) is 5.78 Å². The molecule has 0 aliphatic heterocycles. The van der Waals surface area contributed by atoms with Gasteiger partial charge in [-0.25, -0.2) is 9.78 Å². The number of pyridine rings is 1. The molecule has 2 heterocycles. The second kappa shape index (κ2) is 7.92. The Hall–Kier alpha value is -2.67. The van der Waals surface area contributed by atoms with Crippen molar-refractivity contribution in [3.8, 4) is 0 Å². The van der Waals surface area contributed by atoms with Gasteiger partial charge in [-0.3, -0.25) is 18.7 Å². The molecular weight excluding hydrogens is 362 g/mol. The van der Waals surface area contributed by atoms with E-state index in [2.05, 4.69) is 4.98 Å². The van der Waals surface area contributed by atoms with E-state index < -0.39 is 5.69 Å². The summed E-state index contributed by atoms with van der Waals surface area (Å²) in [6.45, 7) is 2.05. The van der Waals surface area contributed by atoms with Crippen LogP contribution >= 0.6 is 11.8 Å². The maximum Gasteiger partial charge on any atom is 0.332 e. The Morgan fingerprint density at radius 2 is 1.81 bits per heavy atom. The second-order valence-electron chi connectivity index (χ2n) is 6.34. The van der Waals surface area contributed by atoms with E-state index in [1.165, 1.54) is 23.4 Å². The van der Waals surface area contributed by atoms with Crippen molar-refractivity contribution in [1.82, 2.24) is 14.1 Å². The van der Waals surface area contributed by atoms with Gasteiger partial charge in [-0.05, 0) is 12.0 Å². The number of nitrogens with zero attached hydrogens (tertiary/aromatic N) is 3. The van der Waals surface area contributed by atoms with E-state index in [-0.39, 0.29) is 17.1 Å². The molecule has 2 aromatic heterocycles. The number of hydrogen-bond acceptors (Lipinski definition) is 5. The van der Waals surface area contributed by atoms with Crippen LogP contribution < -0.4 is 11.2 Å². The summed E-state index contributed by atoms with van der Waals surface area (Å²) in [4.78, 5) is 42.6. The molecule has 0 aliphatic carbocycles. The van der Waals surface area contributed by atoms with Gasteiger partial charge < -0.3 is 0 Å². The summed E-state index contributed by atoms with van der Waals surface area (Å²) in [5.74, 6) is 0.209. The van der Waals surface area contributed by atoms with E-state index in [0.29, 0.717) is 16.6 Å². The standard InChI is InChI=1S/C20H21N3O3S/c1-4-8-14-11-21-18-16(19(25)23(3)20(26)22(18)2)17(14)27-12-15(24)13-9-6-5-7-10-13/h5-7,9-11H,4,8,12H2,1-3H3. The van der Waals surface area contributed by atoms with E-state index in [1.54, 1.807) is 25.4 Å². The summed E-state index contributed by atoms with van der Waals surface area (Å²) >= 11 is 1.34. The third kappa shape index (κ3) is 3.60. The Bertz CT molecular complexity index is 1120. The summed E-state index contributed by atoms with van der Waals surface area (Å²) in [6.07, 6.45) is 3.34. The van der Waals surface area contributed by atoms with Gasteiger partial charge in [-0.1, -0.05) is 43.7 Å². The fourth-order valence-corrected chi connectivity index (χ4v) is 4.10. The number of Topliss-reactive ketones (excluding diaryl/α,β-unsaturated/α-hetero) is 1. The number of carbonyl (C=O) groups excluding carboxylic acids is 1. The van der Waals surface area contributed by atoms with Crippen LogP contribution in [0.1, 0.15) is 29.3 Å². The molecule has 0 saturated carbocycles. The average Bonchev–Trinajstić information content (AvgIpc) is 2.69. The fourth-order valence-electron chi connectivity index (χ4n) is 3.00. The molecule has 0 atom stereocenters. The molecule has 0 spiro atoms. The molecule has 0 fully saturated rings. The molecule has 0 bridgehead atoms. The number of thioether (sulfide) groups is 1. The molecule has 27 heavy (non-hydrogen) atoms. The van der Waals surface area contributed by atoms with E-state index >= 15 is 0 Å². The maximum atomic E-state index is 12.8. The zero-order valence-electron chi connectivity index (χ0n) is 15.6. The number of hydrogen-bond donors (Lipinski definition) is 0. The molecule has 7 heteroatoms. The van der Waals surface area contributed by atoms with E-state index in [1.807, 2.05) is 25.1 Å². The smallest absolute Gasteiger partial charge is 0.293 e. The predicted molar refractivity (Wildman–Crippen MR) is 108 cm³/mol. The summed E-state index contributed by atoms with van der Waals surface area (Å²) in [6, 6.07) is 9.08. The lowest BCUT2D eigenvalue weighted by molar-refractivity contribution is 0.102. The average molecular weight is 383 g/mol. The van der Waals surface area contributed by atoms with E-state index in [9.17, 15) is 14.4 Å². The van der Waals surface area contributed by atoms with Crippen molar-refractivity contribution < 1.29 is 4.79 Å². The normalized spacial score (nSPS) is 11.1. The minimum absolute atomic E-state index is 0.00495. The highest BCUT2D eigenvalue weighted by Gasteiger charge is 2.18. The van der Waals surface area contributed by atoms with Crippen LogP contribution in [-0.2, 0) is 20.5 Å². The Morgan fingerprint density at radius 3 is 2.48 bits per heavy atom. The molecule has 0 unspecified atom stereocenters. The Kier molecular flexibility index (Phi) is 5.60. The Morgan fingerprint density at radius 1 is 1.11 bits per heavy atom. The van der Waals surface area contributed by atoms with Crippen molar-refractivity contribution in [1.29, 1.82) is 0 Å². The van der Waals surface area contributed by atoms with Gasteiger partial charge in [-0.2, -0.15) is 0 Å². The lowest BCUT2D eigenvalue weighted by Crippen LogP contribution is -2.37. The number of carbonyl (C=O) groups is 1. The van der Waals surface area contributed by atoms with Gasteiger partial charge in [0.25, 0.3) is 5.56 Å². The highest BCUT2D eigenvalue weighted by Crippen LogP contribution is 2.29. The first kappa shape index (κ1) is 19.1. The van der Waals surface area contributed by atoms with Gasteiger partial charge >= 0.3 is 5.69 Å². The van der Waals surface area contributed by atoms with Crippen LogP contribution in [0.3, 0.4) is 0 Å². The number of fused-ring (bicyclic) bond motifs is 1. The van der Waals surface area contributed by atoms with Crippen molar-refractivity contribution in [3.05, 3.63) is 68.5 Å². The quantitative estimate of drug-likeness (QED) is 0.483. The van der Waals surface area contributed by atoms with Gasteiger partial charge in [0, 0.05) is 30.8 Å². The van der Waals surface area contributed by atoms with Gasteiger partial charge in [0.2, 0.25) is 0 Å². The molecule has 0 aliphatic rings. The first-order chi connectivity index (χ1) is 13.0. The number of aryl methyl sites for hydroxylation is 2. The number of aromatic nitrogens is 3. The summed E-state index contributed by atoms with van der Waals surface area (Å²) in [5.41, 5.74) is 1.11. The first-order valence-electron chi connectivity index (χ1n) is 8.74. The second-order valence-corrected chi connectivity index (χ2v) is 7.33. The zero-order chi connectivity index (χ0) is 19.6. The largest absolute Gasteiger partial charge is 0.332 e. The predicted octanol–water partition coefficient (Wildman–Crippen LogP) is 2.56. The molecule has 1 aromatic carbocycles. The number of benzene rings is 1. The van der Waals surface area contributed by atoms with Crippen LogP contribution in [0.15, 0.2) is 51.0 Å². The van der Waals surface area contributed by atoms with Crippen molar-refractivity contribution in [2.45, 2.75) is 24.7 Å². The van der Waals surface area contributed by atoms with Gasteiger partial charge in [-0.15, -0.1) is 11.8 Å². The third-order valence-corrected chi connectivity index (χ3v) is 5.62. The van der Waals surface area contributed by atoms with Gasteiger partial charge in [0.1, 0.15) is 5.65 Å². The van der Waals surface area contributed by atoms with Crippen LogP contribution in [0, 0.1) is 0 Å². The zero-order valence-corrected chi connectivity index (χ0v) is 16.4. The summed E-state index contributed by atoms with van der Waals surface area (Å²) in [5, 5.41) is 0.399. The van der Waals surface area contributed by atoms with Crippen LogP contribution in [0.25, 0.3) is 11.0 Å². The van der Waals surface area contributed by atoms with Gasteiger partial charge in [0.05, 0.1) is 11.1 Å². The molecule has 6 nitrogen and oxygen atoms in total. The van der Waals surface area contributed by atoms with Crippen molar-refractivity contribution >= 4 is 28.6 Å². The topological polar surface area (TPSA) is 74.0 Å². The number of rotatable bonds is 6. The lowest BCUT2D eigenvalue weighted by Gasteiger charge is -2.14. The third-order valence-electron chi connectivity index (χ3n) is 4.46. The Labute approximate surface area is 160 Å². The highest BCUT2D eigenvalue weighted by atomic mass is 32.2. The maximum absolute atomic E-state index is 12.8. The molecule has 0 saturated heterocycles. The number of ketones is 1. The molecule has 3 aromatic rings. The van der Waals surface area contributed by atoms with Crippen LogP contribution in [0.5, 0.6) is 0 Å². The lowest BCUT2D eigenvalue weighted by atomic mass is 10.1. The van der Waals surface area contributed by atoms with Crippen molar-refractivity contribution in [3.63, 3.8) is 0 Å². The summed E-state index contributed by atoms with van der Waals surface area (Å²) in [7, 11) is 3.06. The molecule has 0 N–H and O–H groups in total. The molecular formula is C20H21N3O3S.